The summed E-state index contributed by atoms with van der Waals surface area (Å²) in [6.45, 7) is 8.52. The predicted molar refractivity (Wildman–Crippen MR) is 112 cm³/mol. The van der Waals surface area contributed by atoms with Crippen LogP contribution < -0.4 is 21.5 Å². The van der Waals surface area contributed by atoms with Gasteiger partial charge in [-0.15, -0.1) is 0 Å². The predicted octanol–water partition coefficient (Wildman–Crippen LogP) is 2.57. The van der Waals surface area contributed by atoms with Crippen LogP contribution in [0.2, 0.25) is 0 Å². The number of hydrogen-bond acceptors (Lipinski definition) is 6. The first-order chi connectivity index (χ1) is 13.5. The van der Waals surface area contributed by atoms with Crippen LogP contribution in [-0.4, -0.2) is 40.5 Å². The third-order valence-corrected chi connectivity index (χ3v) is 4.19. The quantitative estimate of drug-likeness (QED) is 0.520. The molecular weight excluding hydrogens is 396 g/mol. The zero-order valence-electron chi connectivity index (χ0n) is 17.3. The highest BCUT2D eigenvalue weighted by Gasteiger charge is 2.21. The number of aryl methyl sites for hydroxylation is 1. The van der Waals surface area contributed by atoms with Crippen molar-refractivity contribution in [2.45, 2.75) is 52.7 Å². The summed E-state index contributed by atoms with van der Waals surface area (Å²) in [5.41, 5.74) is 5.37. The van der Waals surface area contributed by atoms with E-state index in [-0.39, 0.29) is 11.7 Å². The minimum absolute atomic E-state index is 0.120. The molecule has 0 aliphatic heterocycles. The number of hydrogen-bond donors (Lipinski definition) is 4. The Labute approximate surface area is 174 Å². The molecule has 0 fully saturated rings. The van der Waals surface area contributed by atoms with Crippen molar-refractivity contribution in [3.05, 3.63) is 29.8 Å². The summed E-state index contributed by atoms with van der Waals surface area (Å²) in [6, 6.07) is 6.48. The van der Waals surface area contributed by atoms with Crippen molar-refractivity contribution in [1.29, 1.82) is 0 Å². The van der Waals surface area contributed by atoms with Gasteiger partial charge in [0.1, 0.15) is 11.6 Å². The van der Waals surface area contributed by atoms with E-state index in [0.717, 1.165) is 12.0 Å². The molecule has 0 radical (unpaired) electrons. The Bertz CT molecular complexity index is 748. The molecule has 9 nitrogen and oxygen atoms in total. The molecule has 0 bridgehead atoms. The molecule has 0 spiro atoms. The lowest BCUT2D eigenvalue weighted by Crippen LogP contribution is -2.51. The van der Waals surface area contributed by atoms with Gasteiger partial charge in [-0.05, 0) is 45.7 Å². The molecule has 0 heterocycles. The summed E-state index contributed by atoms with van der Waals surface area (Å²) < 4.78 is 5.05. The first-order valence-corrected chi connectivity index (χ1v) is 10.1. The van der Waals surface area contributed by atoms with E-state index in [0.29, 0.717) is 17.4 Å². The van der Waals surface area contributed by atoms with Crippen molar-refractivity contribution in [1.82, 2.24) is 16.2 Å². The van der Waals surface area contributed by atoms with Crippen LogP contribution in [0.5, 0.6) is 0 Å². The van der Waals surface area contributed by atoms with E-state index in [4.69, 9.17) is 4.74 Å². The Kier molecular flexibility index (Phi) is 9.46. The first kappa shape index (κ1) is 24.3. The largest absolute Gasteiger partial charge is 0.444 e. The number of thioether (sulfide) groups is 1. The minimum atomic E-state index is -0.927. The van der Waals surface area contributed by atoms with Gasteiger partial charge in [-0.25, -0.2) is 4.79 Å². The summed E-state index contributed by atoms with van der Waals surface area (Å²) in [6.07, 6.45) is 0.0240. The summed E-state index contributed by atoms with van der Waals surface area (Å²) in [5, 5.41) is 4.49. The van der Waals surface area contributed by atoms with Crippen LogP contribution in [0.15, 0.2) is 24.3 Å². The Balaban J connectivity index is 2.34. The van der Waals surface area contributed by atoms with E-state index in [1.54, 1.807) is 26.8 Å². The van der Waals surface area contributed by atoms with Crippen LogP contribution in [0.3, 0.4) is 0 Å². The third-order valence-electron chi connectivity index (χ3n) is 3.42. The Hall–Kier alpha value is -2.75. The lowest BCUT2D eigenvalue weighted by atomic mass is 10.1. The van der Waals surface area contributed by atoms with E-state index in [2.05, 4.69) is 21.5 Å². The number of rotatable bonds is 6. The number of benzene rings is 1. The van der Waals surface area contributed by atoms with Gasteiger partial charge in [0.05, 0.1) is 5.75 Å². The van der Waals surface area contributed by atoms with Gasteiger partial charge >= 0.3 is 6.09 Å². The zero-order valence-corrected chi connectivity index (χ0v) is 18.1. The number of nitrogens with one attached hydrogen (secondary N) is 4. The maximum Gasteiger partial charge on any atom is 0.408 e. The second kappa shape index (κ2) is 11.3. The highest BCUT2D eigenvalue weighted by Crippen LogP contribution is 2.16. The highest BCUT2D eigenvalue weighted by atomic mass is 32.2. The third kappa shape index (κ3) is 9.84. The van der Waals surface area contributed by atoms with Crippen molar-refractivity contribution in [3.8, 4) is 0 Å². The maximum atomic E-state index is 12.0. The molecule has 1 atom stereocenters. The van der Waals surface area contributed by atoms with Gasteiger partial charge in [0.2, 0.25) is 5.91 Å². The van der Waals surface area contributed by atoms with Crippen molar-refractivity contribution in [2.75, 3.05) is 11.1 Å². The maximum absolute atomic E-state index is 12.0. The van der Waals surface area contributed by atoms with Gasteiger partial charge in [0.15, 0.2) is 0 Å². The number of carbonyl (C=O) groups excluding carboxylic acids is 4. The van der Waals surface area contributed by atoms with Crippen molar-refractivity contribution in [2.24, 2.45) is 0 Å². The van der Waals surface area contributed by atoms with Crippen LogP contribution in [0.25, 0.3) is 0 Å². The van der Waals surface area contributed by atoms with Gasteiger partial charge in [0, 0.05) is 5.69 Å². The van der Waals surface area contributed by atoms with E-state index in [9.17, 15) is 19.2 Å². The topological polar surface area (TPSA) is 126 Å². The molecule has 1 aromatic carbocycles. The number of para-hydroxylation sites is 1. The average Bonchev–Trinajstić information content (AvgIpc) is 2.63. The molecule has 160 valence electrons. The molecule has 4 N–H and O–H groups in total. The van der Waals surface area contributed by atoms with Gasteiger partial charge < -0.3 is 15.4 Å². The Morgan fingerprint density at radius 1 is 1.10 bits per heavy atom. The lowest BCUT2D eigenvalue weighted by molar-refractivity contribution is -0.123. The fraction of sp³-hybridized carbons (Fsp3) is 0.474. The summed E-state index contributed by atoms with van der Waals surface area (Å²) in [4.78, 5) is 47.4. The molecule has 4 amide bonds. The van der Waals surface area contributed by atoms with Gasteiger partial charge in [-0.1, -0.05) is 36.9 Å². The number of hydrazine groups is 1. The van der Waals surface area contributed by atoms with Crippen molar-refractivity contribution < 1.29 is 23.9 Å². The fourth-order valence-corrected chi connectivity index (χ4v) is 2.53. The molecule has 0 unspecified atom stereocenters. The minimum Gasteiger partial charge on any atom is -0.444 e. The standard InChI is InChI=1S/C19H28N4O5S/c1-6-13-9-7-8-10-14(13)21-15(24)11-29-18(27)23-22-16(25)12(2)20-17(26)28-19(3,4)5/h7-10,12H,6,11H2,1-5H3,(H,20,26)(H,21,24)(H,22,25)(H,23,27)/t12-/m1/s1. The van der Waals surface area contributed by atoms with Crippen molar-refractivity contribution in [3.63, 3.8) is 0 Å². The molecule has 0 saturated carbocycles. The van der Waals surface area contributed by atoms with Crippen LogP contribution in [-0.2, 0) is 20.7 Å². The molecule has 0 aromatic heterocycles. The van der Waals surface area contributed by atoms with Gasteiger partial charge in [0.25, 0.3) is 11.1 Å². The number of anilines is 1. The average molecular weight is 425 g/mol. The Morgan fingerprint density at radius 2 is 1.76 bits per heavy atom. The van der Waals surface area contributed by atoms with Crippen molar-refractivity contribution >= 4 is 40.6 Å². The fourth-order valence-electron chi connectivity index (χ4n) is 2.07. The second-order valence-corrected chi connectivity index (χ2v) is 8.07. The summed E-state index contributed by atoms with van der Waals surface area (Å²) >= 11 is 0.704. The summed E-state index contributed by atoms with van der Waals surface area (Å²) in [5.74, 6) is -1.09. The molecular formula is C19H28N4O5S. The van der Waals surface area contributed by atoms with E-state index < -0.39 is 28.9 Å². The van der Waals surface area contributed by atoms with Crippen LogP contribution in [0.1, 0.15) is 40.2 Å². The number of alkyl carbamates (subject to hydrolysis) is 1. The molecule has 29 heavy (non-hydrogen) atoms. The first-order valence-electron chi connectivity index (χ1n) is 9.11. The molecule has 0 aliphatic carbocycles. The molecule has 0 aliphatic rings. The van der Waals surface area contributed by atoms with Gasteiger partial charge in [-0.2, -0.15) is 0 Å². The molecule has 10 heteroatoms. The lowest BCUT2D eigenvalue weighted by Gasteiger charge is -2.21. The van der Waals surface area contributed by atoms with Gasteiger partial charge in [-0.3, -0.25) is 25.2 Å². The molecule has 1 aromatic rings. The van der Waals surface area contributed by atoms with E-state index in [1.807, 2.05) is 25.1 Å². The molecule has 1 rings (SSSR count). The highest BCUT2D eigenvalue weighted by molar-refractivity contribution is 8.14. The Morgan fingerprint density at radius 3 is 2.38 bits per heavy atom. The zero-order chi connectivity index (χ0) is 22.0. The van der Waals surface area contributed by atoms with E-state index in [1.165, 1.54) is 6.92 Å². The normalized spacial score (nSPS) is 11.8. The number of amides is 4. The SMILES string of the molecule is CCc1ccccc1NC(=O)CSC(=O)NNC(=O)[C@@H](C)NC(=O)OC(C)(C)C. The monoisotopic (exact) mass is 424 g/mol. The number of carbonyl (C=O) groups is 4. The van der Waals surface area contributed by atoms with E-state index >= 15 is 0 Å². The van der Waals surface area contributed by atoms with Crippen LogP contribution >= 0.6 is 11.8 Å². The molecule has 0 saturated heterocycles. The van der Waals surface area contributed by atoms with Crippen LogP contribution in [0, 0.1) is 0 Å². The number of ether oxygens (including phenoxy) is 1. The van der Waals surface area contributed by atoms with Crippen LogP contribution in [0.4, 0.5) is 15.3 Å². The second-order valence-electron chi connectivity index (χ2n) is 7.12. The summed E-state index contributed by atoms with van der Waals surface area (Å²) in [7, 11) is 0. The smallest absolute Gasteiger partial charge is 0.408 e.